The topological polar surface area (TPSA) is 49.7 Å². The first-order valence-electron chi connectivity index (χ1n) is 5.46. The van der Waals surface area contributed by atoms with Crippen molar-refractivity contribution in [3.8, 4) is 11.5 Å². The summed E-state index contributed by atoms with van der Waals surface area (Å²) in [5.74, 6) is 0.198. The molecule has 18 heavy (non-hydrogen) atoms. The summed E-state index contributed by atoms with van der Waals surface area (Å²) in [5, 5.41) is 17.8. The van der Waals surface area contributed by atoms with Crippen LogP contribution >= 0.6 is 0 Å². The zero-order valence-electron chi connectivity index (χ0n) is 9.80. The molecule has 0 saturated heterocycles. The summed E-state index contributed by atoms with van der Waals surface area (Å²) >= 11 is 0. The van der Waals surface area contributed by atoms with Crippen molar-refractivity contribution in [3.05, 3.63) is 53.8 Å². The maximum Gasteiger partial charge on any atom is 0.491 e. The molecule has 2 rings (SSSR count). The first-order chi connectivity index (χ1) is 8.56. The van der Waals surface area contributed by atoms with Crippen molar-refractivity contribution >= 4 is 12.6 Å². The lowest BCUT2D eigenvalue weighted by atomic mass is 9.80. The molecule has 0 unspecified atom stereocenters. The van der Waals surface area contributed by atoms with Crippen molar-refractivity contribution in [2.45, 2.75) is 6.92 Å². The summed E-state index contributed by atoms with van der Waals surface area (Å²) in [4.78, 5) is 0. The molecule has 0 aliphatic carbocycles. The van der Waals surface area contributed by atoms with Crippen LogP contribution < -0.4 is 10.2 Å². The second-order valence-corrected chi connectivity index (χ2v) is 3.98. The van der Waals surface area contributed by atoms with Gasteiger partial charge in [-0.2, -0.15) is 0 Å². The molecule has 0 aliphatic heterocycles. The molecule has 3 nitrogen and oxygen atoms in total. The summed E-state index contributed by atoms with van der Waals surface area (Å²) in [5.41, 5.74) is 0.863. The highest BCUT2D eigenvalue weighted by molar-refractivity contribution is 6.58. The molecule has 0 fully saturated rings. The highest BCUT2D eigenvalue weighted by atomic mass is 19.1. The van der Waals surface area contributed by atoms with Gasteiger partial charge in [-0.25, -0.2) is 4.39 Å². The second-order valence-electron chi connectivity index (χ2n) is 3.98. The monoisotopic (exact) mass is 246 g/mol. The maximum atomic E-state index is 13.5. The zero-order chi connectivity index (χ0) is 13.1. The van der Waals surface area contributed by atoms with Gasteiger partial charge in [-0.3, -0.25) is 0 Å². The molecule has 0 bridgehead atoms. The lowest BCUT2D eigenvalue weighted by Crippen LogP contribution is -2.32. The molecular formula is C13H12BFO3. The molecule has 2 N–H and O–H groups in total. The largest absolute Gasteiger partial charge is 0.491 e. The minimum absolute atomic E-state index is 0.174. The fourth-order valence-corrected chi connectivity index (χ4v) is 1.60. The molecule has 0 aromatic heterocycles. The minimum atomic E-state index is -1.82. The highest BCUT2D eigenvalue weighted by Crippen LogP contribution is 2.22. The van der Waals surface area contributed by atoms with Crippen LogP contribution in [-0.4, -0.2) is 17.2 Å². The van der Waals surface area contributed by atoms with Crippen LogP contribution in [0.25, 0.3) is 0 Å². The molecule has 5 heteroatoms. The maximum absolute atomic E-state index is 13.5. The van der Waals surface area contributed by atoms with Crippen LogP contribution in [0.4, 0.5) is 4.39 Å². The van der Waals surface area contributed by atoms with E-state index in [1.807, 2.05) is 25.1 Å². The van der Waals surface area contributed by atoms with Crippen molar-refractivity contribution in [1.29, 1.82) is 0 Å². The first kappa shape index (κ1) is 12.6. The van der Waals surface area contributed by atoms with E-state index in [1.54, 1.807) is 6.07 Å². The van der Waals surface area contributed by atoms with Gasteiger partial charge in [-0.05, 0) is 30.7 Å². The molecular weight excluding hydrogens is 234 g/mol. The van der Waals surface area contributed by atoms with Gasteiger partial charge in [0.25, 0.3) is 0 Å². The molecule has 2 aromatic rings. The zero-order valence-corrected chi connectivity index (χ0v) is 9.80. The van der Waals surface area contributed by atoms with Crippen LogP contribution in [-0.2, 0) is 0 Å². The van der Waals surface area contributed by atoms with Gasteiger partial charge in [-0.1, -0.05) is 18.2 Å². The Morgan fingerprint density at radius 2 is 1.78 bits per heavy atom. The Morgan fingerprint density at radius 1 is 1.06 bits per heavy atom. The van der Waals surface area contributed by atoms with Crippen LogP contribution in [0, 0.1) is 12.7 Å². The number of ether oxygens (including phenoxy) is 1. The van der Waals surface area contributed by atoms with E-state index in [1.165, 1.54) is 12.1 Å². The third kappa shape index (κ3) is 2.88. The van der Waals surface area contributed by atoms with Crippen LogP contribution in [0.3, 0.4) is 0 Å². The van der Waals surface area contributed by atoms with E-state index in [9.17, 15) is 4.39 Å². The Labute approximate surface area is 105 Å². The third-order valence-corrected chi connectivity index (χ3v) is 2.48. The van der Waals surface area contributed by atoms with E-state index < -0.39 is 12.9 Å². The van der Waals surface area contributed by atoms with Gasteiger partial charge in [-0.15, -0.1) is 0 Å². The minimum Gasteiger partial charge on any atom is -0.457 e. The molecule has 0 atom stereocenters. The first-order valence-corrected chi connectivity index (χ1v) is 5.46. The van der Waals surface area contributed by atoms with E-state index in [2.05, 4.69) is 0 Å². The number of aryl methyl sites for hydroxylation is 1. The van der Waals surface area contributed by atoms with E-state index in [-0.39, 0.29) is 5.46 Å². The van der Waals surface area contributed by atoms with Gasteiger partial charge in [0.15, 0.2) is 0 Å². The molecule has 0 radical (unpaired) electrons. The lowest BCUT2D eigenvalue weighted by molar-refractivity contribution is 0.422. The van der Waals surface area contributed by atoms with Gasteiger partial charge in [0.2, 0.25) is 0 Å². The smallest absolute Gasteiger partial charge is 0.457 e. The summed E-state index contributed by atoms with van der Waals surface area (Å²) in [6.45, 7) is 1.93. The molecule has 0 aliphatic rings. The number of hydrogen-bond acceptors (Lipinski definition) is 3. The molecule has 2 aromatic carbocycles. The Bertz CT molecular complexity index is 558. The SMILES string of the molecule is Cc1cccc(Oc2ccc(B(O)O)c(F)c2)c1. The molecule has 0 heterocycles. The molecule has 0 saturated carbocycles. The predicted molar refractivity (Wildman–Crippen MR) is 67.5 cm³/mol. The van der Waals surface area contributed by atoms with Crippen LogP contribution in [0.5, 0.6) is 11.5 Å². The normalized spacial score (nSPS) is 10.2. The Balaban J connectivity index is 2.23. The summed E-state index contributed by atoms with van der Waals surface area (Å²) in [6, 6.07) is 11.3. The quantitative estimate of drug-likeness (QED) is 0.809. The summed E-state index contributed by atoms with van der Waals surface area (Å²) in [6.07, 6.45) is 0. The van der Waals surface area contributed by atoms with E-state index in [0.717, 1.165) is 11.6 Å². The lowest BCUT2D eigenvalue weighted by Gasteiger charge is -2.08. The number of rotatable bonds is 3. The second kappa shape index (κ2) is 5.20. The summed E-state index contributed by atoms with van der Waals surface area (Å²) < 4.78 is 19.0. The van der Waals surface area contributed by atoms with Crippen molar-refractivity contribution in [2.24, 2.45) is 0 Å². The molecule has 0 amide bonds. The fraction of sp³-hybridized carbons (Fsp3) is 0.0769. The number of benzene rings is 2. The van der Waals surface area contributed by atoms with Gasteiger partial charge in [0, 0.05) is 11.5 Å². The fourth-order valence-electron chi connectivity index (χ4n) is 1.60. The highest BCUT2D eigenvalue weighted by Gasteiger charge is 2.16. The Kier molecular flexibility index (Phi) is 3.65. The van der Waals surface area contributed by atoms with Crippen molar-refractivity contribution < 1.29 is 19.2 Å². The Morgan fingerprint density at radius 3 is 2.39 bits per heavy atom. The Hall–Kier alpha value is -1.85. The average Bonchev–Trinajstić information content (AvgIpc) is 2.28. The number of halogens is 1. The van der Waals surface area contributed by atoms with Crippen LogP contribution in [0.1, 0.15) is 5.56 Å². The predicted octanol–water partition coefficient (Wildman–Crippen LogP) is 1.61. The van der Waals surface area contributed by atoms with Crippen molar-refractivity contribution in [1.82, 2.24) is 0 Å². The van der Waals surface area contributed by atoms with Crippen molar-refractivity contribution in [3.63, 3.8) is 0 Å². The average molecular weight is 246 g/mol. The van der Waals surface area contributed by atoms with Gasteiger partial charge < -0.3 is 14.8 Å². The standard InChI is InChI=1S/C13H12BFO3/c1-9-3-2-4-10(7-9)18-11-5-6-12(14(16)17)13(15)8-11/h2-8,16-17H,1H3. The van der Waals surface area contributed by atoms with E-state index >= 15 is 0 Å². The molecule has 92 valence electrons. The van der Waals surface area contributed by atoms with Crippen LogP contribution in [0.15, 0.2) is 42.5 Å². The van der Waals surface area contributed by atoms with Gasteiger partial charge >= 0.3 is 7.12 Å². The van der Waals surface area contributed by atoms with Crippen LogP contribution in [0.2, 0.25) is 0 Å². The van der Waals surface area contributed by atoms with Gasteiger partial charge in [0.1, 0.15) is 17.3 Å². The van der Waals surface area contributed by atoms with E-state index in [0.29, 0.717) is 11.5 Å². The van der Waals surface area contributed by atoms with Gasteiger partial charge in [0.05, 0.1) is 0 Å². The number of hydrogen-bond donors (Lipinski definition) is 2. The summed E-state index contributed by atoms with van der Waals surface area (Å²) in [7, 11) is -1.82. The van der Waals surface area contributed by atoms with E-state index in [4.69, 9.17) is 14.8 Å². The molecule has 0 spiro atoms. The van der Waals surface area contributed by atoms with Crippen molar-refractivity contribution in [2.75, 3.05) is 0 Å². The third-order valence-electron chi connectivity index (χ3n) is 2.48.